The molecule has 2 nitrogen and oxygen atoms in total. The number of benzene rings is 1. The monoisotopic (exact) mass is 434 g/mol. The Balaban J connectivity index is 1.34. The van der Waals surface area contributed by atoms with Gasteiger partial charge in [0.2, 0.25) is 0 Å². The lowest BCUT2D eigenvalue weighted by atomic mass is 9.80. The van der Waals surface area contributed by atoms with Crippen molar-refractivity contribution >= 4 is 5.97 Å². The number of allylic oxidation sites excluding steroid dienone is 2. The van der Waals surface area contributed by atoms with E-state index in [9.17, 15) is 4.79 Å². The van der Waals surface area contributed by atoms with E-state index in [1.54, 1.807) is 0 Å². The Hall–Kier alpha value is -2.01. The van der Waals surface area contributed by atoms with Crippen LogP contribution in [0.3, 0.4) is 0 Å². The molecule has 2 aliphatic carbocycles. The highest BCUT2D eigenvalue weighted by Gasteiger charge is 2.23. The Morgan fingerprint density at radius 2 is 1.69 bits per heavy atom. The number of aryl methyl sites for hydroxylation is 1. The van der Waals surface area contributed by atoms with Crippen molar-refractivity contribution in [2.24, 2.45) is 17.8 Å². The number of hydrogen-bond donors (Lipinski definition) is 0. The van der Waals surface area contributed by atoms with Gasteiger partial charge in [-0.2, -0.15) is 0 Å². The van der Waals surface area contributed by atoms with Gasteiger partial charge in [0.25, 0.3) is 0 Å². The van der Waals surface area contributed by atoms with Crippen molar-refractivity contribution in [2.45, 2.75) is 103 Å². The van der Waals surface area contributed by atoms with E-state index in [-0.39, 0.29) is 12.1 Å². The molecule has 174 valence electrons. The quantitative estimate of drug-likeness (QED) is 0.307. The first kappa shape index (κ1) is 24.6. The maximum absolute atomic E-state index is 12.4. The zero-order chi connectivity index (χ0) is 22.6. The summed E-state index contributed by atoms with van der Waals surface area (Å²) in [6.45, 7) is 4.46. The van der Waals surface area contributed by atoms with Gasteiger partial charge in [0, 0.05) is 5.92 Å². The Morgan fingerprint density at radius 3 is 2.34 bits per heavy atom. The van der Waals surface area contributed by atoms with Crippen LogP contribution in [0.1, 0.15) is 107 Å². The maximum atomic E-state index is 12.4. The summed E-state index contributed by atoms with van der Waals surface area (Å²) in [7, 11) is 0. The highest BCUT2D eigenvalue weighted by atomic mass is 16.5. The second-order valence-corrected chi connectivity index (χ2v) is 9.90. The molecule has 0 bridgehead atoms. The van der Waals surface area contributed by atoms with E-state index in [0.717, 1.165) is 50.4 Å². The highest BCUT2D eigenvalue weighted by molar-refractivity contribution is 5.89. The van der Waals surface area contributed by atoms with Gasteiger partial charge in [-0.15, -0.1) is 0 Å². The number of esters is 1. The molecular weight excluding hydrogens is 392 g/mol. The normalized spacial score (nSPS) is 25.8. The standard InChI is InChI=1S/C30H42O2/c1-3-5-9-25-12-14-26(15-13-25)10-6-7-11-27-18-22-29(23-19-27)32-30(31)28-20-16-24(8-4-2)17-21-28/h6,10,16-17,20-21,25-27,29H,3-5,8-9,12-15,18-19,22-23H2,1-2H3/b10-6+/t25-,26-,27-,29-. The minimum absolute atomic E-state index is 0.0364. The summed E-state index contributed by atoms with van der Waals surface area (Å²) in [6.07, 6.45) is 20.2. The molecule has 0 radical (unpaired) electrons. The van der Waals surface area contributed by atoms with Gasteiger partial charge in [0.05, 0.1) is 5.56 Å². The minimum atomic E-state index is -0.185. The molecule has 0 aliphatic heterocycles. The molecule has 3 rings (SSSR count). The van der Waals surface area contributed by atoms with Crippen molar-refractivity contribution in [1.82, 2.24) is 0 Å². The number of hydrogen-bond acceptors (Lipinski definition) is 2. The molecule has 2 aliphatic rings. The third-order valence-corrected chi connectivity index (χ3v) is 7.27. The zero-order valence-corrected chi connectivity index (χ0v) is 20.3. The van der Waals surface area contributed by atoms with Crippen LogP contribution in [0.2, 0.25) is 0 Å². The molecule has 0 atom stereocenters. The smallest absolute Gasteiger partial charge is 0.338 e. The molecule has 2 saturated carbocycles. The first-order chi connectivity index (χ1) is 15.7. The van der Waals surface area contributed by atoms with Gasteiger partial charge >= 0.3 is 5.97 Å². The van der Waals surface area contributed by atoms with Crippen molar-refractivity contribution in [2.75, 3.05) is 0 Å². The van der Waals surface area contributed by atoms with Crippen LogP contribution in [0.15, 0.2) is 36.4 Å². The molecule has 0 spiro atoms. The molecule has 0 aromatic heterocycles. The molecule has 0 saturated heterocycles. The third kappa shape index (κ3) is 8.16. The lowest BCUT2D eigenvalue weighted by Crippen LogP contribution is -2.24. The summed E-state index contributed by atoms with van der Waals surface area (Å²) in [6, 6.07) is 7.87. The molecule has 1 aromatic carbocycles. The molecule has 0 amide bonds. The van der Waals surface area contributed by atoms with Crippen molar-refractivity contribution in [1.29, 1.82) is 0 Å². The van der Waals surface area contributed by atoms with Crippen LogP contribution in [-0.2, 0) is 11.2 Å². The second-order valence-electron chi connectivity index (χ2n) is 9.90. The molecule has 32 heavy (non-hydrogen) atoms. The van der Waals surface area contributed by atoms with Crippen LogP contribution in [0, 0.1) is 29.6 Å². The van der Waals surface area contributed by atoms with Crippen molar-refractivity contribution in [3.63, 3.8) is 0 Å². The third-order valence-electron chi connectivity index (χ3n) is 7.27. The van der Waals surface area contributed by atoms with E-state index >= 15 is 0 Å². The average Bonchev–Trinajstić information content (AvgIpc) is 2.83. The molecule has 0 unspecified atom stereocenters. The van der Waals surface area contributed by atoms with Crippen molar-refractivity contribution in [3.05, 3.63) is 47.5 Å². The van der Waals surface area contributed by atoms with Crippen LogP contribution in [0.25, 0.3) is 0 Å². The fourth-order valence-corrected chi connectivity index (χ4v) is 5.15. The lowest BCUT2D eigenvalue weighted by Gasteiger charge is -2.26. The summed E-state index contributed by atoms with van der Waals surface area (Å²) in [5, 5.41) is 0. The van der Waals surface area contributed by atoms with Gasteiger partial charge in [-0.1, -0.05) is 69.6 Å². The Morgan fingerprint density at radius 1 is 0.969 bits per heavy atom. The maximum Gasteiger partial charge on any atom is 0.338 e. The molecule has 2 heteroatoms. The summed E-state index contributed by atoms with van der Waals surface area (Å²) in [5.74, 6) is 8.70. The van der Waals surface area contributed by atoms with E-state index in [1.165, 1.54) is 50.5 Å². The molecular formula is C30H42O2. The van der Waals surface area contributed by atoms with E-state index in [4.69, 9.17) is 4.74 Å². The summed E-state index contributed by atoms with van der Waals surface area (Å²) < 4.78 is 5.76. The number of carbonyl (C=O) groups is 1. The van der Waals surface area contributed by atoms with Gasteiger partial charge in [0.1, 0.15) is 6.10 Å². The summed E-state index contributed by atoms with van der Waals surface area (Å²) >= 11 is 0. The number of rotatable bonds is 8. The Labute approximate surface area is 196 Å². The van der Waals surface area contributed by atoms with Gasteiger partial charge in [0.15, 0.2) is 0 Å². The van der Waals surface area contributed by atoms with Crippen LogP contribution < -0.4 is 0 Å². The lowest BCUT2D eigenvalue weighted by molar-refractivity contribution is 0.0188. The number of unbranched alkanes of at least 4 members (excludes halogenated alkanes) is 1. The average molecular weight is 435 g/mol. The van der Waals surface area contributed by atoms with Crippen molar-refractivity contribution < 1.29 is 9.53 Å². The molecule has 0 heterocycles. The van der Waals surface area contributed by atoms with Crippen LogP contribution >= 0.6 is 0 Å². The first-order valence-electron chi connectivity index (χ1n) is 13.2. The zero-order valence-electron chi connectivity index (χ0n) is 20.3. The van der Waals surface area contributed by atoms with Gasteiger partial charge < -0.3 is 4.74 Å². The van der Waals surface area contributed by atoms with Gasteiger partial charge in [-0.3, -0.25) is 0 Å². The molecule has 2 fully saturated rings. The van der Waals surface area contributed by atoms with E-state index in [1.807, 2.05) is 24.3 Å². The fourth-order valence-electron chi connectivity index (χ4n) is 5.15. The number of ether oxygens (including phenoxy) is 1. The second kappa shape index (κ2) is 13.5. The SMILES string of the molecule is CCCC[C@H]1CC[C@H](/C=C/C#C[C@H]2CC[C@H](OC(=O)c3ccc(CCC)cc3)CC2)CC1. The minimum Gasteiger partial charge on any atom is -0.459 e. The molecule has 0 N–H and O–H groups in total. The fraction of sp³-hybridized carbons (Fsp3) is 0.633. The Bertz CT molecular complexity index is 763. The predicted molar refractivity (Wildman–Crippen MR) is 133 cm³/mol. The van der Waals surface area contributed by atoms with Crippen LogP contribution in [0.5, 0.6) is 0 Å². The van der Waals surface area contributed by atoms with Crippen LogP contribution in [-0.4, -0.2) is 12.1 Å². The van der Waals surface area contributed by atoms with Gasteiger partial charge in [-0.05, 0) is 93.4 Å². The topological polar surface area (TPSA) is 26.3 Å². The number of carbonyl (C=O) groups excluding carboxylic acids is 1. The van der Waals surface area contributed by atoms with E-state index in [2.05, 4.69) is 37.8 Å². The largest absolute Gasteiger partial charge is 0.459 e. The van der Waals surface area contributed by atoms with Gasteiger partial charge in [-0.25, -0.2) is 4.79 Å². The highest BCUT2D eigenvalue weighted by Crippen LogP contribution is 2.32. The van der Waals surface area contributed by atoms with Crippen molar-refractivity contribution in [3.8, 4) is 11.8 Å². The summed E-state index contributed by atoms with van der Waals surface area (Å²) in [5.41, 5.74) is 1.94. The first-order valence-corrected chi connectivity index (χ1v) is 13.2. The summed E-state index contributed by atoms with van der Waals surface area (Å²) in [4.78, 5) is 12.4. The van der Waals surface area contributed by atoms with Crippen LogP contribution in [0.4, 0.5) is 0 Å². The van der Waals surface area contributed by atoms with E-state index < -0.39 is 0 Å². The molecule has 1 aromatic rings. The predicted octanol–water partition coefficient (Wildman–Crippen LogP) is 7.91. The van der Waals surface area contributed by atoms with E-state index in [0.29, 0.717) is 11.5 Å². The Kier molecular flexibility index (Phi) is 10.4.